The summed E-state index contributed by atoms with van der Waals surface area (Å²) in [5, 5.41) is 3.47. The van der Waals surface area contributed by atoms with E-state index in [4.69, 9.17) is 4.74 Å². The van der Waals surface area contributed by atoms with Gasteiger partial charge < -0.3 is 9.30 Å². The fourth-order valence-corrected chi connectivity index (χ4v) is 2.79. The van der Waals surface area contributed by atoms with E-state index in [-0.39, 0.29) is 0 Å². The highest BCUT2D eigenvalue weighted by molar-refractivity contribution is 7.99. The number of thioether (sulfide) groups is 1. The summed E-state index contributed by atoms with van der Waals surface area (Å²) in [5.74, 6) is 1.81. The van der Waals surface area contributed by atoms with Gasteiger partial charge in [-0.05, 0) is 22.9 Å². The molecule has 0 fully saturated rings. The van der Waals surface area contributed by atoms with Crippen LogP contribution < -0.4 is 4.74 Å². The molecule has 0 spiro atoms. The summed E-state index contributed by atoms with van der Waals surface area (Å²) in [7, 11) is 2.00. The number of imidazole rings is 1. The Balaban J connectivity index is 1.56. The molecule has 0 saturated heterocycles. The second kappa shape index (κ2) is 6.01. The van der Waals surface area contributed by atoms with Crippen molar-refractivity contribution in [2.24, 2.45) is 7.05 Å². The third-order valence-corrected chi connectivity index (χ3v) is 4.10. The second-order valence-electron chi connectivity index (χ2n) is 4.53. The van der Waals surface area contributed by atoms with Crippen LogP contribution >= 0.6 is 11.8 Å². The van der Waals surface area contributed by atoms with Crippen molar-refractivity contribution in [3.63, 3.8) is 0 Å². The molecule has 1 aromatic heterocycles. The quantitative estimate of drug-likeness (QED) is 0.527. The Labute approximate surface area is 122 Å². The molecule has 0 saturated carbocycles. The first kappa shape index (κ1) is 13.1. The highest BCUT2D eigenvalue weighted by Gasteiger charge is 2.01. The maximum atomic E-state index is 5.79. The number of aryl methyl sites for hydroxylation is 1. The van der Waals surface area contributed by atoms with Crippen LogP contribution in [0.3, 0.4) is 0 Å². The van der Waals surface area contributed by atoms with Crippen LogP contribution in [0.4, 0.5) is 0 Å². The van der Waals surface area contributed by atoms with Gasteiger partial charge in [0.1, 0.15) is 5.75 Å². The van der Waals surface area contributed by atoms with Crippen LogP contribution in [0, 0.1) is 0 Å². The van der Waals surface area contributed by atoms with Crippen LogP contribution in [0.5, 0.6) is 5.75 Å². The van der Waals surface area contributed by atoms with Crippen LogP contribution in [0.15, 0.2) is 60.0 Å². The fourth-order valence-electron chi connectivity index (χ4n) is 2.04. The summed E-state index contributed by atoms with van der Waals surface area (Å²) in [4.78, 5) is 4.27. The molecule has 3 nitrogen and oxygen atoms in total. The minimum absolute atomic E-state index is 0.676. The number of benzene rings is 2. The Morgan fingerprint density at radius 2 is 2.00 bits per heavy atom. The highest BCUT2D eigenvalue weighted by Crippen LogP contribution is 2.21. The maximum Gasteiger partial charge on any atom is 0.167 e. The monoisotopic (exact) mass is 284 g/mol. The van der Waals surface area contributed by atoms with Gasteiger partial charge in [-0.15, -0.1) is 0 Å². The Morgan fingerprint density at radius 1 is 1.15 bits per heavy atom. The van der Waals surface area contributed by atoms with E-state index in [9.17, 15) is 0 Å². The number of aromatic nitrogens is 2. The normalized spacial score (nSPS) is 10.8. The molecule has 0 radical (unpaired) electrons. The molecule has 0 amide bonds. The highest BCUT2D eigenvalue weighted by atomic mass is 32.2. The van der Waals surface area contributed by atoms with Crippen LogP contribution in [-0.4, -0.2) is 21.9 Å². The molecule has 0 atom stereocenters. The Kier molecular flexibility index (Phi) is 3.92. The third kappa shape index (κ3) is 2.96. The Bertz CT molecular complexity index is 708. The molecule has 3 rings (SSSR count). The number of fused-ring (bicyclic) bond motifs is 1. The lowest BCUT2D eigenvalue weighted by molar-refractivity contribution is 0.344. The molecule has 102 valence electrons. The predicted molar refractivity (Wildman–Crippen MR) is 83.4 cm³/mol. The number of ether oxygens (including phenoxy) is 1. The van der Waals surface area contributed by atoms with Gasteiger partial charge >= 0.3 is 0 Å². The lowest BCUT2D eigenvalue weighted by Gasteiger charge is -2.07. The lowest BCUT2D eigenvalue weighted by atomic mass is 10.1. The van der Waals surface area contributed by atoms with Gasteiger partial charge in [-0.2, -0.15) is 0 Å². The van der Waals surface area contributed by atoms with Crippen molar-refractivity contribution in [2.75, 3.05) is 12.4 Å². The van der Waals surface area contributed by atoms with E-state index in [0.717, 1.165) is 16.7 Å². The second-order valence-corrected chi connectivity index (χ2v) is 5.59. The van der Waals surface area contributed by atoms with E-state index in [2.05, 4.69) is 29.2 Å². The van der Waals surface area contributed by atoms with Crippen molar-refractivity contribution >= 4 is 22.5 Å². The zero-order valence-electron chi connectivity index (χ0n) is 11.3. The molecule has 2 aromatic carbocycles. The minimum atomic E-state index is 0.676. The fraction of sp³-hybridized carbons (Fsp3) is 0.188. The van der Waals surface area contributed by atoms with Crippen molar-refractivity contribution in [2.45, 2.75) is 5.16 Å². The van der Waals surface area contributed by atoms with Crippen LogP contribution in [0.2, 0.25) is 0 Å². The number of hydrogen-bond donors (Lipinski definition) is 0. The molecule has 0 bridgehead atoms. The zero-order valence-corrected chi connectivity index (χ0v) is 12.1. The first-order valence-electron chi connectivity index (χ1n) is 6.55. The molecule has 0 aliphatic rings. The molecular formula is C16H16N2OS. The topological polar surface area (TPSA) is 27.1 Å². The van der Waals surface area contributed by atoms with Crippen LogP contribution in [-0.2, 0) is 7.05 Å². The summed E-state index contributed by atoms with van der Waals surface area (Å²) < 4.78 is 7.81. The minimum Gasteiger partial charge on any atom is -0.493 e. The first-order chi connectivity index (χ1) is 9.83. The zero-order chi connectivity index (χ0) is 13.8. The van der Waals surface area contributed by atoms with Crippen molar-refractivity contribution in [3.8, 4) is 5.75 Å². The van der Waals surface area contributed by atoms with Gasteiger partial charge in [0.25, 0.3) is 0 Å². The maximum absolute atomic E-state index is 5.79. The molecule has 0 N–H and O–H groups in total. The third-order valence-electron chi connectivity index (χ3n) is 3.08. The van der Waals surface area contributed by atoms with E-state index in [1.807, 2.05) is 42.2 Å². The van der Waals surface area contributed by atoms with Crippen molar-refractivity contribution in [1.82, 2.24) is 9.55 Å². The molecule has 3 aromatic rings. The van der Waals surface area contributed by atoms with Gasteiger partial charge in [-0.1, -0.05) is 42.1 Å². The smallest absolute Gasteiger partial charge is 0.167 e. The van der Waals surface area contributed by atoms with Crippen molar-refractivity contribution in [3.05, 3.63) is 54.9 Å². The Hall–Kier alpha value is -1.94. The predicted octanol–water partition coefficient (Wildman–Crippen LogP) is 3.74. The van der Waals surface area contributed by atoms with Crippen molar-refractivity contribution < 1.29 is 4.74 Å². The molecule has 0 unspecified atom stereocenters. The summed E-state index contributed by atoms with van der Waals surface area (Å²) >= 11 is 1.70. The first-order valence-corrected chi connectivity index (χ1v) is 7.53. The molecule has 0 aliphatic carbocycles. The van der Waals surface area contributed by atoms with Gasteiger partial charge in [0, 0.05) is 25.2 Å². The van der Waals surface area contributed by atoms with E-state index in [1.165, 1.54) is 10.8 Å². The van der Waals surface area contributed by atoms with E-state index >= 15 is 0 Å². The van der Waals surface area contributed by atoms with Gasteiger partial charge in [-0.25, -0.2) is 4.98 Å². The summed E-state index contributed by atoms with van der Waals surface area (Å²) in [6.45, 7) is 0.676. The number of rotatable bonds is 5. The molecule has 4 heteroatoms. The average molecular weight is 284 g/mol. The van der Waals surface area contributed by atoms with E-state index in [1.54, 1.807) is 11.8 Å². The molecule has 1 heterocycles. The van der Waals surface area contributed by atoms with Crippen LogP contribution in [0.1, 0.15) is 0 Å². The molecule has 20 heavy (non-hydrogen) atoms. The average Bonchev–Trinajstić information content (AvgIpc) is 2.89. The number of nitrogens with zero attached hydrogens (tertiary/aromatic N) is 2. The SMILES string of the molecule is Cn1ccnc1SCCOc1ccc2ccccc2c1. The lowest BCUT2D eigenvalue weighted by Crippen LogP contribution is -2.01. The van der Waals surface area contributed by atoms with E-state index < -0.39 is 0 Å². The Morgan fingerprint density at radius 3 is 2.80 bits per heavy atom. The van der Waals surface area contributed by atoms with Gasteiger partial charge in [0.2, 0.25) is 0 Å². The summed E-state index contributed by atoms with van der Waals surface area (Å²) in [6.07, 6.45) is 3.76. The summed E-state index contributed by atoms with van der Waals surface area (Å²) in [6, 6.07) is 14.5. The molecular weight excluding hydrogens is 268 g/mol. The van der Waals surface area contributed by atoms with E-state index in [0.29, 0.717) is 6.61 Å². The standard InChI is InChI=1S/C16H16N2OS/c1-18-9-8-17-16(18)20-11-10-19-15-7-6-13-4-2-3-5-14(13)12-15/h2-9,12H,10-11H2,1H3. The number of hydrogen-bond acceptors (Lipinski definition) is 3. The largest absolute Gasteiger partial charge is 0.493 e. The van der Waals surface area contributed by atoms with Gasteiger partial charge in [0.05, 0.1) is 6.61 Å². The van der Waals surface area contributed by atoms with Crippen LogP contribution in [0.25, 0.3) is 10.8 Å². The van der Waals surface area contributed by atoms with Gasteiger partial charge in [-0.3, -0.25) is 0 Å². The van der Waals surface area contributed by atoms with Crippen molar-refractivity contribution in [1.29, 1.82) is 0 Å². The van der Waals surface area contributed by atoms with Gasteiger partial charge in [0.15, 0.2) is 5.16 Å². The summed E-state index contributed by atoms with van der Waals surface area (Å²) in [5.41, 5.74) is 0. The molecule has 0 aliphatic heterocycles.